The van der Waals surface area contributed by atoms with Crippen molar-refractivity contribution in [2.45, 2.75) is 49.0 Å². The second-order valence-corrected chi connectivity index (χ2v) is 11.0. The molecule has 1 amide bonds. The number of carbonyl (C=O) groups excluding carboxylic acids is 1. The lowest BCUT2D eigenvalue weighted by molar-refractivity contribution is 0.0593. The van der Waals surface area contributed by atoms with Gasteiger partial charge in [0, 0.05) is 17.5 Å². The van der Waals surface area contributed by atoms with Gasteiger partial charge in [0.05, 0.1) is 17.5 Å². The molecular formula is C26H28N2O5S. The van der Waals surface area contributed by atoms with E-state index in [1.54, 1.807) is 12.1 Å². The molecule has 1 aliphatic carbocycles. The minimum atomic E-state index is -3.71. The Kier molecular flexibility index (Phi) is 5.78. The highest BCUT2D eigenvalue weighted by Gasteiger charge is 2.46. The minimum absolute atomic E-state index is 0.0763. The molecule has 34 heavy (non-hydrogen) atoms. The van der Waals surface area contributed by atoms with E-state index in [9.17, 15) is 13.2 Å². The fourth-order valence-corrected chi connectivity index (χ4v) is 6.45. The molecule has 0 radical (unpaired) electrons. The number of hydrogen-bond acceptors (Lipinski definition) is 5. The molecule has 8 heteroatoms. The van der Waals surface area contributed by atoms with Gasteiger partial charge in [-0.05, 0) is 67.3 Å². The molecule has 2 aliphatic heterocycles. The number of sulfonamides is 1. The number of rotatable bonds is 4. The fourth-order valence-electron chi connectivity index (χ4n) is 5.51. The van der Waals surface area contributed by atoms with Crippen molar-refractivity contribution in [3.05, 3.63) is 53.1 Å². The number of fused-ring (bicyclic) bond motifs is 3. The average molecular weight is 481 g/mol. The van der Waals surface area contributed by atoms with Crippen molar-refractivity contribution in [3.8, 4) is 23.8 Å². The summed E-state index contributed by atoms with van der Waals surface area (Å²) in [6.07, 6.45) is 9.45. The van der Waals surface area contributed by atoms with Crippen LogP contribution in [-0.4, -0.2) is 45.5 Å². The van der Waals surface area contributed by atoms with Crippen molar-refractivity contribution in [2.75, 3.05) is 26.3 Å². The van der Waals surface area contributed by atoms with Crippen LogP contribution in [0, 0.1) is 12.3 Å². The number of nitrogens with one attached hydrogen (secondary N) is 1. The van der Waals surface area contributed by atoms with Crippen LogP contribution in [-0.2, 0) is 15.4 Å². The van der Waals surface area contributed by atoms with E-state index < -0.39 is 10.0 Å². The molecule has 3 aliphatic rings. The van der Waals surface area contributed by atoms with Gasteiger partial charge in [0.2, 0.25) is 10.0 Å². The Morgan fingerprint density at radius 3 is 2.44 bits per heavy atom. The van der Waals surface area contributed by atoms with Crippen LogP contribution in [0.4, 0.5) is 0 Å². The third kappa shape index (κ3) is 3.83. The molecule has 7 nitrogen and oxygen atoms in total. The lowest BCUT2D eigenvalue weighted by Crippen LogP contribution is -2.48. The van der Waals surface area contributed by atoms with Gasteiger partial charge in [0.1, 0.15) is 13.2 Å². The predicted octanol–water partition coefficient (Wildman–Crippen LogP) is 3.40. The van der Waals surface area contributed by atoms with Crippen molar-refractivity contribution in [3.63, 3.8) is 0 Å². The number of terminal acetylenes is 1. The Morgan fingerprint density at radius 1 is 1.15 bits per heavy atom. The first-order chi connectivity index (χ1) is 16.3. The van der Waals surface area contributed by atoms with E-state index in [0.29, 0.717) is 25.3 Å². The lowest BCUT2D eigenvalue weighted by Gasteiger charge is -2.46. The Morgan fingerprint density at radius 2 is 1.79 bits per heavy atom. The first kappa shape index (κ1) is 22.8. The molecule has 1 N–H and O–H groups in total. The molecule has 2 heterocycles. The molecule has 0 unspecified atom stereocenters. The van der Waals surface area contributed by atoms with Crippen molar-refractivity contribution >= 4 is 15.9 Å². The molecular weight excluding hydrogens is 452 g/mol. The maximum atomic E-state index is 13.7. The first-order valence-corrected chi connectivity index (χ1v) is 13.1. The summed E-state index contributed by atoms with van der Waals surface area (Å²) in [5.74, 6) is 3.66. The van der Waals surface area contributed by atoms with E-state index in [1.807, 2.05) is 17.9 Å². The van der Waals surface area contributed by atoms with Gasteiger partial charge in [-0.15, -0.1) is 6.42 Å². The van der Waals surface area contributed by atoms with Crippen LogP contribution < -0.4 is 14.2 Å². The van der Waals surface area contributed by atoms with E-state index in [2.05, 4.69) is 16.7 Å². The van der Waals surface area contributed by atoms with Crippen molar-refractivity contribution in [1.29, 1.82) is 0 Å². The van der Waals surface area contributed by atoms with E-state index in [4.69, 9.17) is 15.9 Å². The maximum Gasteiger partial charge on any atom is 0.254 e. The van der Waals surface area contributed by atoms with E-state index in [1.165, 1.54) is 17.7 Å². The highest BCUT2D eigenvalue weighted by molar-refractivity contribution is 7.89. The molecule has 0 aromatic heterocycles. The Bertz CT molecular complexity index is 1260. The van der Waals surface area contributed by atoms with Gasteiger partial charge >= 0.3 is 0 Å². The lowest BCUT2D eigenvalue weighted by atomic mass is 9.71. The minimum Gasteiger partial charge on any atom is -0.486 e. The van der Waals surface area contributed by atoms with E-state index in [0.717, 1.165) is 42.7 Å². The molecule has 1 saturated carbocycles. The number of hydrogen-bond donors (Lipinski definition) is 1. The average Bonchev–Trinajstić information content (AvgIpc) is 3.33. The quantitative estimate of drug-likeness (QED) is 0.678. The van der Waals surface area contributed by atoms with E-state index >= 15 is 0 Å². The van der Waals surface area contributed by atoms with E-state index in [-0.39, 0.29) is 28.8 Å². The van der Waals surface area contributed by atoms with Crippen LogP contribution >= 0.6 is 0 Å². The molecule has 1 fully saturated rings. The number of amides is 1. The zero-order chi connectivity index (χ0) is 23.9. The van der Waals surface area contributed by atoms with Crippen molar-refractivity contribution in [2.24, 2.45) is 0 Å². The molecule has 0 saturated heterocycles. The summed E-state index contributed by atoms with van der Waals surface area (Å²) >= 11 is 0. The van der Waals surface area contributed by atoms with Crippen LogP contribution in [0.15, 0.2) is 41.3 Å². The normalized spacial score (nSPS) is 20.6. The van der Waals surface area contributed by atoms with Gasteiger partial charge in [-0.25, -0.2) is 8.42 Å². The highest BCUT2D eigenvalue weighted by Crippen LogP contribution is 2.52. The molecule has 5 rings (SSSR count). The van der Waals surface area contributed by atoms with Crippen LogP contribution in [0.3, 0.4) is 0 Å². The summed E-state index contributed by atoms with van der Waals surface area (Å²) in [7, 11) is -3.71. The van der Waals surface area contributed by atoms with Crippen LogP contribution in [0.1, 0.15) is 60.1 Å². The molecule has 2 aromatic carbocycles. The van der Waals surface area contributed by atoms with Gasteiger partial charge < -0.3 is 14.4 Å². The summed E-state index contributed by atoms with van der Waals surface area (Å²) in [6.45, 7) is 3.64. The number of benzene rings is 2. The number of carbonyl (C=O) groups is 1. The third-order valence-corrected chi connectivity index (χ3v) is 8.69. The van der Waals surface area contributed by atoms with Gasteiger partial charge in [-0.1, -0.05) is 18.8 Å². The molecule has 2 aromatic rings. The summed E-state index contributed by atoms with van der Waals surface area (Å²) in [4.78, 5) is 15.7. The Balaban J connectivity index is 1.48. The van der Waals surface area contributed by atoms with Gasteiger partial charge in [-0.2, -0.15) is 4.72 Å². The standard InChI is InChI=1S/C26H28N2O5S/c1-3-12-27-34(30,31)20-8-6-19(7-9-20)25(29)28-17-26(10-4-5-11-26)22-16-24-23(32-13-14-33-24)15-21(22)18(28)2/h1,6-9,15-16,18,27H,4-5,10-14,17H2,2H3/t18-/m0/s1. The largest absolute Gasteiger partial charge is 0.486 e. The van der Waals surface area contributed by atoms with Crippen LogP contribution in [0.5, 0.6) is 11.5 Å². The number of nitrogens with zero attached hydrogens (tertiary/aromatic N) is 1. The van der Waals surface area contributed by atoms with Crippen LogP contribution in [0.25, 0.3) is 0 Å². The molecule has 1 spiro atoms. The second kappa shape index (κ2) is 8.64. The first-order valence-electron chi connectivity index (χ1n) is 11.6. The van der Waals surface area contributed by atoms with Gasteiger partial charge in [-0.3, -0.25) is 4.79 Å². The molecule has 178 valence electrons. The molecule has 1 atom stereocenters. The predicted molar refractivity (Wildman–Crippen MR) is 127 cm³/mol. The topological polar surface area (TPSA) is 84.9 Å². The summed E-state index contributed by atoms with van der Waals surface area (Å²) in [5.41, 5.74) is 2.72. The van der Waals surface area contributed by atoms with Crippen LogP contribution in [0.2, 0.25) is 0 Å². The highest BCUT2D eigenvalue weighted by atomic mass is 32.2. The zero-order valence-electron chi connectivity index (χ0n) is 19.2. The summed E-state index contributed by atoms with van der Waals surface area (Å²) < 4.78 is 38.7. The second-order valence-electron chi connectivity index (χ2n) is 9.23. The summed E-state index contributed by atoms with van der Waals surface area (Å²) in [5, 5.41) is 0. The SMILES string of the molecule is C#CCNS(=O)(=O)c1ccc(C(=O)N2CC3(CCCC3)c3cc4c(cc3[C@@H]2C)OCCO4)cc1. The van der Waals surface area contributed by atoms with Crippen molar-refractivity contribution < 1.29 is 22.7 Å². The van der Waals surface area contributed by atoms with Gasteiger partial charge in [0.15, 0.2) is 11.5 Å². The smallest absolute Gasteiger partial charge is 0.254 e. The summed E-state index contributed by atoms with van der Waals surface area (Å²) in [6, 6.07) is 10.1. The van der Waals surface area contributed by atoms with Gasteiger partial charge in [0.25, 0.3) is 5.91 Å². The third-order valence-electron chi connectivity index (χ3n) is 7.27. The monoisotopic (exact) mass is 480 g/mol. The zero-order valence-corrected chi connectivity index (χ0v) is 20.0. The van der Waals surface area contributed by atoms with Crippen molar-refractivity contribution in [1.82, 2.24) is 9.62 Å². The maximum absolute atomic E-state index is 13.7. The number of ether oxygens (including phenoxy) is 2. The Labute approximate surface area is 200 Å². The molecule has 0 bridgehead atoms. The Hall–Kier alpha value is -3.02. The fraction of sp³-hybridized carbons (Fsp3) is 0.423.